The smallest absolute Gasteiger partial charge is 0.339 e. The molecular formula is C22H22F2N4O4. The van der Waals surface area contributed by atoms with Crippen molar-refractivity contribution in [2.45, 2.75) is 13.0 Å². The molecule has 32 heavy (non-hydrogen) atoms. The van der Waals surface area contributed by atoms with Gasteiger partial charge in [0.05, 0.1) is 31.9 Å². The molecule has 4 rings (SSSR count). The number of rotatable bonds is 5. The van der Waals surface area contributed by atoms with Gasteiger partial charge in [0.2, 0.25) is 0 Å². The van der Waals surface area contributed by atoms with E-state index in [9.17, 15) is 18.4 Å². The van der Waals surface area contributed by atoms with Crippen LogP contribution < -0.4 is 15.8 Å². The lowest BCUT2D eigenvalue weighted by molar-refractivity contribution is 0.0600. The van der Waals surface area contributed by atoms with E-state index < -0.39 is 23.6 Å². The number of carbonyl (C=O) groups is 1. The SMILES string of the molecule is COC(=O)c1cc(C(C)Nc2ccc(F)c(F)c2)c2nc(N3CCOCC3)cc(=O)n2c1. The van der Waals surface area contributed by atoms with Gasteiger partial charge in [-0.05, 0) is 25.1 Å². The molecule has 0 spiro atoms. The second-order valence-corrected chi connectivity index (χ2v) is 7.42. The first-order chi connectivity index (χ1) is 15.4. The van der Waals surface area contributed by atoms with Crippen molar-refractivity contribution < 1.29 is 23.0 Å². The van der Waals surface area contributed by atoms with E-state index in [0.29, 0.717) is 49.0 Å². The summed E-state index contributed by atoms with van der Waals surface area (Å²) in [5.41, 5.74) is 1.00. The Balaban J connectivity index is 1.82. The zero-order chi connectivity index (χ0) is 22.8. The molecular weight excluding hydrogens is 422 g/mol. The summed E-state index contributed by atoms with van der Waals surface area (Å²) < 4.78 is 38.4. The number of fused-ring (bicyclic) bond motifs is 1. The third-order valence-electron chi connectivity index (χ3n) is 5.30. The van der Waals surface area contributed by atoms with Crippen molar-refractivity contribution in [3.8, 4) is 0 Å². The minimum absolute atomic E-state index is 0.164. The van der Waals surface area contributed by atoms with Crippen LogP contribution in [0.3, 0.4) is 0 Å². The highest BCUT2D eigenvalue weighted by Crippen LogP contribution is 2.26. The maximum absolute atomic E-state index is 13.7. The third-order valence-corrected chi connectivity index (χ3v) is 5.30. The van der Waals surface area contributed by atoms with Gasteiger partial charge in [-0.2, -0.15) is 0 Å². The summed E-state index contributed by atoms with van der Waals surface area (Å²) in [6.07, 6.45) is 1.38. The van der Waals surface area contributed by atoms with E-state index in [1.54, 1.807) is 13.0 Å². The minimum Gasteiger partial charge on any atom is -0.465 e. The van der Waals surface area contributed by atoms with E-state index in [2.05, 4.69) is 10.3 Å². The van der Waals surface area contributed by atoms with Gasteiger partial charge in [-0.15, -0.1) is 0 Å². The Kier molecular flexibility index (Phi) is 6.04. The van der Waals surface area contributed by atoms with Gasteiger partial charge in [0.15, 0.2) is 11.6 Å². The Labute approximate surface area is 182 Å². The van der Waals surface area contributed by atoms with Crippen molar-refractivity contribution >= 4 is 23.1 Å². The lowest BCUT2D eigenvalue weighted by Crippen LogP contribution is -2.37. The molecule has 2 aromatic heterocycles. The molecule has 0 radical (unpaired) electrons. The lowest BCUT2D eigenvalue weighted by Gasteiger charge is -2.28. The predicted octanol–water partition coefficient (Wildman–Crippen LogP) is 2.77. The highest BCUT2D eigenvalue weighted by atomic mass is 19.2. The number of anilines is 2. The summed E-state index contributed by atoms with van der Waals surface area (Å²) in [5, 5.41) is 3.07. The van der Waals surface area contributed by atoms with E-state index in [1.165, 1.54) is 29.8 Å². The average Bonchev–Trinajstić information content (AvgIpc) is 2.80. The molecule has 1 unspecified atom stereocenters. The Morgan fingerprint density at radius 3 is 2.62 bits per heavy atom. The Bertz CT molecular complexity index is 1220. The van der Waals surface area contributed by atoms with Crippen LogP contribution in [0.4, 0.5) is 20.3 Å². The molecule has 168 valence electrons. The zero-order valence-electron chi connectivity index (χ0n) is 17.6. The quantitative estimate of drug-likeness (QED) is 0.606. The maximum atomic E-state index is 13.7. The van der Waals surface area contributed by atoms with Gasteiger partial charge in [-0.25, -0.2) is 18.6 Å². The van der Waals surface area contributed by atoms with E-state index in [0.717, 1.165) is 12.1 Å². The van der Waals surface area contributed by atoms with E-state index in [1.807, 2.05) is 4.90 Å². The van der Waals surface area contributed by atoms with Crippen molar-refractivity contribution in [2.24, 2.45) is 0 Å². The fourth-order valence-corrected chi connectivity index (χ4v) is 3.63. The average molecular weight is 444 g/mol. The fourth-order valence-electron chi connectivity index (χ4n) is 3.63. The van der Waals surface area contributed by atoms with Crippen molar-refractivity contribution in [1.29, 1.82) is 0 Å². The van der Waals surface area contributed by atoms with Gasteiger partial charge < -0.3 is 19.7 Å². The Morgan fingerprint density at radius 2 is 1.94 bits per heavy atom. The molecule has 0 saturated carbocycles. The van der Waals surface area contributed by atoms with Gasteiger partial charge in [-0.3, -0.25) is 9.20 Å². The molecule has 1 atom stereocenters. The monoisotopic (exact) mass is 444 g/mol. The number of hydrogen-bond donors (Lipinski definition) is 1. The first-order valence-electron chi connectivity index (χ1n) is 10.1. The number of hydrogen-bond acceptors (Lipinski definition) is 7. The van der Waals surface area contributed by atoms with Crippen LogP contribution >= 0.6 is 0 Å². The summed E-state index contributed by atoms with van der Waals surface area (Å²) in [6, 6.07) is 5.94. The lowest BCUT2D eigenvalue weighted by atomic mass is 10.1. The Hall–Kier alpha value is -3.53. The van der Waals surface area contributed by atoms with Crippen molar-refractivity contribution in [2.75, 3.05) is 43.6 Å². The van der Waals surface area contributed by atoms with E-state index in [-0.39, 0.29) is 11.1 Å². The van der Waals surface area contributed by atoms with Crippen LogP contribution in [0.1, 0.15) is 28.9 Å². The number of aromatic nitrogens is 2. The largest absolute Gasteiger partial charge is 0.465 e. The van der Waals surface area contributed by atoms with Crippen LogP contribution in [-0.2, 0) is 9.47 Å². The number of morpholine rings is 1. The number of halogens is 2. The van der Waals surface area contributed by atoms with E-state index >= 15 is 0 Å². The molecule has 1 fully saturated rings. The minimum atomic E-state index is -0.987. The summed E-state index contributed by atoms with van der Waals surface area (Å²) in [7, 11) is 1.25. The van der Waals surface area contributed by atoms with Gasteiger partial charge in [0.1, 0.15) is 11.5 Å². The fraction of sp³-hybridized carbons (Fsp3) is 0.318. The number of ether oxygens (including phenoxy) is 2. The first kappa shape index (κ1) is 21.7. The third kappa shape index (κ3) is 4.26. The van der Waals surface area contributed by atoms with Crippen LogP contribution in [0.2, 0.25) is 0 Å². The topological polar surface area (TPSA) is 85.2 Å². The molecule has 8 nitrogen and oxygen atoms in total. The predicted molar refractivity (Wildman–Crippen MR) is 114 cm³/mol. The zero-order valence-corrected chi connectivity index (χ0v) is 17.6. The van der Waals surface area contributed by atoms with Crippen LogP contribution in [0.15, 0.2) is 41.3 Å². The standard InChI is InChI=1S/C22H22F2N4O4/c1-13(25-15-3-4-17(23)18(24)10-15)16-9-14(22(30)31-2)12-28-20(29)11-19(26-21(16)28)27-5-7-32-8-6-27/h3-4,9-13,25H,5-8H2,1-2H3. The van der Waals surface area contributed by atoms with Crippen LogP contribution in [-0.4, -0.2) is 48.8 Å². The number of carbonyl (C=O) groups excluding carboxylic acids is 1. The second-order valence-electron chi connectivity index (χ2n) is 7.42. The number of pyridine rings is 1. The molecule has 10 heteroatoms. The van der Waals surface area contributed by atoms with Crippen molar-refractivity contribution in [1.82, 2.24) is 9.38 Å². The van der Waals surface area contributed by atoms with Crippen LogP contribution in [0.5, 0.6) is 0 Å². The molecule has 0 bridgehead atoms. The number of esters is 1. The summed E-state index contributed by atoms with van der Waals surface area (Å²) in [6.45, 7) is 4.03. The summed E-state index contributed by atoms with van der Waals surface area (Å²) in [5.74, 6) is -2.05. The molecule has 1 aliphatic rings. The van der Waals surface area contributed by atoms with Crippen molar-refractivity contribution in [3.63, 3.8) is 0 Å². The number of methoxy groups -OCH3 is 1. The number of nitrogens with zero attached hydrogens (tertiary/aromatic N) is 3. The normalized spacial score (nSPS) is 14.9. The highest BCUT2D eigenvalue weighted by molar-refractivity contribution is 5.90. The molecule has 0 amide bonds. The summed E-state index contributed by atoms with van der Waals surface area (Å²) >= 11 is 0. The first-order valence-corrected chi connectivity index (χ1v) is 10.1. The molecule has 0 aliphatic carbocycles. The van der Waals surface area contributed by atoms with Gasteiger partial charge in [-0.1, -0.05) is 0 Å². The maximum Gasteiger partial charge on any atom is 0.339 e. The summed E-state index contributed by atoms with van der Waals surface area (Å²) in [4.78, 5) is 31.8. The molecule has 1 saturated heterocycles. The highest BCUT2D eigenvalue weighted by Gasteiger charge is 2.20. The number of nitrogens with one attached hydrogen (secondary N) is 1. The van der Waals surface area contributed by atoms with Gasteiger partial charge >= 0.3 is 5.97 Å². The Morgan fingerprint density at radius 1 is 1.19 bits per heavy atom. The van der Waals surface area contributed by atoms with Crippen LogP contribution in [0.25, 0.3) is 5.65 Å². The second kappa shape index (κ2) is 8.91. The molecule has 3 aromatic rings. The van der Waals surface area contributed by atoms with E-state index in [4.69, 9.17) is 9.47 Å². The molecule has 1 N–H and O–H groups in total. The van der Waals surface area contributed by atoms with Crippen LogP contribution in [0, 0.1) is 11.6 Å². The molecule has 1 aliphatic heterocycles. The van der Waals surface area contributed by atoms with Crippen molar-refractivity contribution in [3.05, 3.63) is 69.6 Å². The molecule has 1 aromatic carbocycles. The molecule has 3 heterocycles. The van der Waals surface area contributed by atoms with Gasteiger partial charge in [0, 0.05) is 42.7 Å². The number of benzene rings is 1. The van der Waals surface area contributed by atoms with Gasteiger partial charge in [0.25, 0.3) is 5.56 Å².